The first-order valence-corrected chi connectivity index (χ1v) is 6.31. The minimum atomic E-state index is -4.71. The minimum absolute atomic E-state index is 0.505. The van der Waals surface area contributed by atoms with E-state index in [1.165, 1.54) is 0 Å². The molecular formula is C11H10F6N6O. The molecule has 7 nitrogen and oxygen atoms in total. The van der Waals surface area contributed by atoms with Gasteiger partial charge in [-0.25, -0.2) is 4.68 Å². The van der Waals surface area contributed by atoms with Gasteiger partial charge >= 0.3 is 12.4 Å². The fourth-order valence-electron chi connectivity index (χ4n) is 1.85. The summed E-state index contributed by atoms with van der Waals surface area (Å²) in [5, 5.41) is 11.8. The summed E-state index contributed by atoms with van der Waals surface area (Å²) in [5.41, 5.74) is -2.81. The largest absolute Gasteiger partial charge is 0.435 e. The standard InChI is InChI=1S/C11H10F6N6O/c1-22-9(11(15,16)17)6(19-21-22)4-18-8(24)5-23-3-2-7(20-23)10(12,13)14/h2-3H,4-5H2,1H3,(H,18,24). The molecule has 0 aliphatic rings. The molecule has 1 N–H and O–H groups in total. The summed E-state index contributed by atoms with van der Waals surface area (Å²) in [5.74, 6) is -0.828. The average Bonchev–Trinajstić information content (AvgIpc) is 3.01. The third-order valence-electron chi connectivity index (χ3n) is 2.85. The van der Waals surface area contributed by atoms with Crippen LogP contribution in [0.1, 0.15) is 17.1 Å². The summed E-state index contributed by atoms with van der Waals surface area (Å²) in [6, 6.07) is 0.678. The number of amides is 1. The van der Waals surface area contributed by atoms with Crippen molar-refractivity contribution >= 4 is 5.91 Å². The lowest BCUT2D eigenvalue weighted by molar-refractivity contribution is -0.144. The van der Waals surface area contributed by atoms with Gasteiger partial charge in [0, 0.05) is 13.2 Å². The Bertz CT molecular complexity index is 730. The van der Waals surface area contributed by atoms with Gasteiger partial charge in [-0.1, -0.05) is 5.21 Å². The van der Waals surface area contributed by atoms with Gasteiger partial charge in [-0.15, -0.1) is 5.10 Å². The molecule has 0 atom stereocenters. The number of rotatable bonds is 4. The zero-order chi connectivity index (χ0) is 18.1. The molecule has 1 amide bonds. The molecule has 0 bridgehead atoms. The predicted molar refractivity (Wildman–Crippen MR) is 65.1 cm³/mol. The van der Waals surface area contributed by atoms with E-state index in [0.717, 1.165) is 17.9 Å². The second kappa shape index (κ2) is 6.13. The van der Waals surface area contributed by atoms with E-state index in [9.17, 15) is 31.1 Å². The first-order chi connectivity index (χ1) is 11.0. The molecule has 2 aromatic heterocycles. The van der Waals surface area contributed by atoms with Crippen LogP contribution in [0.15, 0.2) is 12.3 Å². The molecule has 0 aliphatic heterocycles. The van der Waals surface area contributed by atoms with Crippen LogP contribution in [0.4, 0.5) is 26.3 Å². The second-order valence-electron chi connectivity index (χ2n) is 4.68. The number of carbonyl (C=O) groups excluding carboxylic acids is 1. The van der Waals surface area contributed by atoms with Crippen LogP contribution in [-0.2, 0) is 37.3 Å². The Morgan fingerprint density at radius 2 is 1.88 bits per heavy atom. The van der Waals surface area contributed by atoms with Gasteiger partial charge in [0.2, 0.25) is 5.91 Å². The van der Waals surface area contributed by atoms with E-state index in [4.69, 9.17) is 0 Å². The summed E-state index contributed by atoms with van der Waals surface area (Å²) in [4.78, 5) is 11.6. The van der Waals surface area contributed by atoms with E-state index in [0.29, 0.717) is 10.7 Å². The van der Waals surface area contributed by atoms with Gasteiger partial charge in [0.15, 0.2) is 11.4 Å². The summed E-state index contributed by atoms with van der Waals surface area (Å²) < 4.78 is 76.7. The van der Waals surface area contributed by atoms with E-state index in [-0.39, 0.29) is 0 Å². The van der Waals surface area contributed by atoms with Crippen LogP contribution in [-0.4, -0.2) is 30.7 Å². The Labute approximate surface area is 130 Å². The van der Waals surface area contributed by atoms with Gasteiger partial charge in [0.25, 0.3) is 0 Å². The molecule has 0 saturated heterocycles. The number of nitrogens with zero attached hydrogens (tertiary/aromatic N) is 5. The zero-order valence-corrected chi connectivity index (χ0v) is 12.0. The minimum Gasteiger partial charge on any atom is -0.349 e. The Morgan fingerprint density at radius 1 is 1.21 bits per heavy atom. The van der Waals surface area contributed by atoms with Crippen molar-refractivity contribution in [1.82, 2.24) is 30.1 Å². The van der Waals surface area contributed by atoms with Crippen LogP contribution >= 0.6 is 0 Å². The molecule has 132 valence electrons. The highest BCUT2D eigenvalue weighted by molar-refractivity contribution is 5.75. The number of carbonyl (C=O) groups is 1. The zero-order valence-electron chi connectivity index (χ0n) is 12.0. The summed E-state index contributed by atoms with van der Waals surface area (Å²) >= 11 is 0. The van der Waals surface area contributed by atoms with Crippen molar-refractivity contribution in [3.63, 3.8) is 0 Å². The van der Waals surface area contributed by atoms with Crippen molar-refractivity contribution in [3.8, 4) is 0 Å². The van der Waals surface area contributed by atoms with E-state index < -0.39 is 48.4 Å². The fraction of sp³-hybridized carbons (Fsp3) is 0.455. The Balaban J connectivity index is 1.99. The maximum absolute atomic E-state index is 12.8. The van der Waals surface area contributed by atoms with Crippen LogP contribution < -0.4 is 5.32 Å². The van der Waals surface area contributed by atoms with Crippen LogP contribution in [0.5, 0.6) is 0 Å². The molecule has 0 fully saturated rings. The smallest absolute Gasteiger partial charge is 0.349 e. The van der Waals surface area contributed by atoms with Crippen LogP contribution in [0.2, 0.25) is 0 Å². The number of aromatic nitrogens is 5. The quantitative estimate of drug-likeness (QED) is 0.840. The van der Waals surface area contributed by atoms with E-state index in [1.807, 2.05) is 0 Å². The first-order valence-electron chi connectivity index (χ1n) is 6.31. The Hall–Kier alpha value is -2.60. The SMILES string of the molecule is Cn1nnc(CNC(=O)Cn2ccc(C(F)(F)F)n2)c1C(F)(F)F. The first kappa shape index (κ1) is 17.7. The van der Waals surface area contributed by atoms with E-state index in [2.05, 4.69) is 20.7 Å². The van der Waals surface area contributed by atoms with Gasteiger partial charge in [-0.05, 0) is 6.07 Å². The van der Waals surface area contributed by atoms with Crippen LogP contribution in [0, 0.1) is 0 Å². The van der Waals surface area contributed by atoms with Gasteiger partial charge in [0.05, 0.1) is 6.54 Å². The topological polar surface area (TPSA) is 77.6 Å². The van der Waals surface area contributed by atoms with Crippen molar-refractivity contribution in [3.05, 3.63) is 29.3 Å². The second-order valence-corrected chi connectivity index (χ2v) is 4.68. The molecule has 0 aromatic carbocycles. The summed E-state index contributed by atoms with van der Waals surface area (Å²) in [6.07, 6.45) is -8.42. The van der Waals surface area contributed by atoms with Crippen molar-refractivity contribution < 1.29 is 31.1 Å². The summed E-state index contributed by atoms with van der Waals surface area (Å²) in [7, 11) is 1.05. The molecule has 0 unspecified atom stereocenters. The molecule has 2 heterocycles. The molecule has 0 radical (unpaired) electrons. The molecule has 0 saturated carbocycles. The van der Waals surface area contributed by atoms with Crippen molar-refractivity contribution in [2.45, 2.75) is 25.4 Å². The highest BCUT2D eigenvalue weighted by Crippen LogP contribution is 2.30. The predicted octanol–water partition coefficient (Wildman–Crippen LogP) is 1.37. The normalized spacial score (nSPS) is 12.5. The van der Waals surface area contributed by atoms with Crippen LogP contribution in [0.3, 0.4) is 0 Å². The van der Waals surface area contributed by atoms with Gasteiger partial charge in [-0.3, -0.25) is 9.48 Å². The monoisotopic (exact) mass is 356 g/mol. The lowest BCUT2D eigenvalue weighted by atomic mass is 10.3. The molecule has 0 spiro atoms. The average molecular weight is 356 g/mol. The van der Waals surface area contributed by atoms with Gasteiger partial charge in [-0.2, -0.15) is 31.4 Å². The molecule has 0 aliphatic carbocycles. The maximum Gasteiger partial charge on any atom is 0.435 e. The third kappa shape index (κ3) is 4.02. The lowest BCUT2D eigenvalue weighted by Gasteiger charge is -2.09. The van der Waals surface area contributed by atoms with E-state index in [1.54, 1.807) is 0 Å². The molecule has 2 aromatic rings. The lowest BCUT2D eigenvalue weighted by Crippen LogP contribution is -2.29. The number of alkyl halides is 6. The highest BCUT2D eigenvalue weighted by atomic mass is 19.4. The van der Waals surface area contributed by atoms with Gasteiger partial charge in [0.1, 0.15) is 12.2 Å². The molecule has 13 heteroatoms. The van der Waals surface area contributed by atoms with Crippen LogP contribution in [0.25, 0.3) is 0 Å². The van der Waals surface area contributed by atoms with Gasteiger partial charge < -0.3 is 5.32 Å². The molecular weight excluding hydrogens is 346 g/mol. The van der Waals surface area contributed by atoms with Crippen molar-refractivity contribution in [1.29, 1.82) is 0 Å². The Morgan fingerprint density at radius 3 is 2.42 bits per heavy atom. The molecule has 2 rings (SSSR count). The highest BCUT2D eigenvalue weighted by Gasteiger charge is 2.38. The summed E-state index contributed by atoms with van der Waals surface area (Å²) in [6.45, 7) is -1.16. The number of halogens is 6. The van der Waals surface area contributed by atoms with E-state index >= 15 is 0 Å². The molecule has 24 heavy (non-hydrogen) atoms. The number of nitrogens with one attached hydrogen (secondary N) is 1. The maximum atomic E-state index is 12.8. The Kier molecular flexibility index (Phi) is 4.53. The van der Waals surface area contributed by atoms with Crippen molar-refractivity contribution in [2.75, 3.05) is 0 Å². The number of hydrogen-bond acceptors (Lipinski definition) is 4. The number of hydrogen-bond donors (Lipinski definition) is 1. The fourth-order valence-corrected chi connectivity index (χ4v) is 1.85. The van der Waals surface area contributed by atoms with Crippen molar-refractivity contribution in [2.24, 2.45) is 7.05 Å². The third-order valence-corrected chi connectivity index (χ3v) is 2.85. The number of aryl methyl sites for hydroxylation is 1.